The van der Waals surface area contributed by atoms with Crippen LogP contribution < -0.4 is 54.0 Å². The second-order valence-electron chi connectivity index (χ2n) is 22.1. The summed E-state index contributed by atoms with van der Waals surface area (Å²) in [5.74, 6) is -2.18. The van der Waals surface area contributed by atoms with E-state index in [0.717, 1.165) is 19.3 Å². The molecule has 6 atom stereocenters. The number of amides is 5. The summed E-state index contributed by atoms with van der Waals surface area (Å²) in [5, 5.41) is 25.9. The summed E-state index contributed by atoms with van der Waals surface area (Å²) in [6.45, 7) is 2.70. The molecular formula is C67H82N10O5S6. The van der Waals surface area contributed by atoms with E-state index in [4.69, 9.17) is 11.5 Å². The third kappa shape index (κ3) is 18.8. The SMILES string of the molecule is CSc1ccc2c(c1)C(NCCNC(=O)CCC(NC(=O)CC[C@@H](NC(=O)C(N)CCCCN)C(=O)NCCNC1Cc3ccccc3Sc3ccc(SC)cc31)C(=O)NCCNC1Cc3ccccc3Sc3ccc(SC)cc31)Cc1ccccc1S2. The first-order valence-electron chi connectivity index (χ1n) is 30.3. The molecular weight excluding hydrogens is 1220 g/mol. The summed E-state index contributed by atoms with van der Waals surface area (Å²) in [4.78, 5) is 80.6. The average Bonchev–Trinajstić information content (AvgIpc) is 3.52. The van der Waals surface area contributed by atoms with Crippen molar-refractivity contribution in [2.24, 2.45) is 11.5 Å². The second kappa shape index (κ2) is 34.1. The Morgan fingerprint density at radius 1 is 0.455 bits per heavy atom. The van der Waals surface area contributed by atoms with E-state index in [-0.39, 0.29) is 62.8 Å². The maximum Gasteiger partial charge on any atom is 0.242 e. The number of hydrogen-bond acceptors (Lipinski definition) is 16. The predicted octanol–water partition coefficient (Wildman–Crippen LogP) is 9.60. The summed E-state index contributed by atoms with van der Waals surface area (Å²) in [7, 11) is 0. The second-order valence-corrected chi connectivity index (χ2v) is 27.9. The Labute approximate surface area is 544 Å². The van der Waals surface area contributed by atoms with E-state index in [1.54, 1.807) is 70.6 Å². The topological polar surface area (TPSA) is 234 Å². The summed E-state index contributed by atoms with van der Waals surface area (Å²) >= 11 is 10.4. The highest BCUT2D eigenvalue weighted by Gasteiger charge is 2.30. The van der Waals surface area contributed by atoms with Crippen molar-refractivity contribution in [2.45, 2.75) is 145 Å². The minimum Gasteiger partial charge on any atom is -0.355 e. The lowest BCUT2D eigenvalue weighted by Crippen LogP contribution is -2.53. The third-order valence-electron chi connectivity index (χ3n) is 16.0. The van der Waals surface area contributed by atoms with Crippen LogP contribution in [0, 0.1) is 0 Å². The number of benzene rings is 6. The van der Waals surface area contributed by atoms with E-state index in [9.17, 15) is 24.0 Å². The quantitative estimate of drug-likeness (QED) is 0.0149. The minimum atomic E-state index is -1.11. The Balaban J connectivity index is 0.838. The molecule has 5 amide bonds. The van der Waals surface area contributed by atoms with Gasteiger partial charge in [0.05, 0.1) is 6.04 Å². The highest BCUT2D eigenvalue weighted by atomic mass is 32.2. The van der Waals surface area contributed by atoms with E-state index in [0.29, 0.717) is 52.0 Å². The summed E-state index contributed by atoms with van der Waals surface area (Å²) in [6, 6.07) is 42.0. The predicted molar refractivity (Wildman–Crippen MR) is 362 cm³/mol. The molecule has 0 aromatic heterocycles. The number of thioether (sulfide) groups is 3. The number of unbranched alkanes of at least 4 members (excludes halogenated alkanes) is 1. The van der Waals surface area contributed by atoms with Crippen molar-refractivity contribution >= 4 is 100 Å². The van der Waals surface area contributed by atoms with Gasteiger partial charge in [-0.25, -0.2) is 0 Å². The zero-order valence-corrected chi connectivity index (χ0v) is 55.2. The van der Waals surface area contributed by atoms with Crippen LogP contribution in [-0.4, -0.2) is 112 Å². The third-order valence-corrected chi connectivity index (χ3v) is 21.8. The van der Waals surface area contributed by atoms with Gasteiger partial charge in [-0.2, -0.15) is 0 Å². The molecule has 0 saturated heterocycles. The molecule has 5 unspecified atom stereocenters. The van der Waals surface area contributed by atoms with E-state index >= 15 is 0 Å². The smallest absolute Gasteiger partial charge is 0.242 e. The van der Waals surface area contributed by atoms with E-state index < -0.39 is 41.8 Å². The molecule has 466 valence electrons. The first-order valence-corrected chi connectivity index (χ1v) is 36.4. The highest BCUT2D eigenvalue weighted by molar-refractivity contribution is 8.00. The molecule has 0 bridgehead atoms. The van der Waals surface area contributed by atoms with Gasteiger partial charge in [-0.3, -0.25) is 24.0 Å². The lowest BCUT2D eigenvalue weighted by molar-refractivity contribution is -0.131. The molecule has 3 aliphatic heterocycles. The number of carbonyl (C=O) groups excluding carboxylic acids is 5. The molecule has 6 aromatic carbocycles. The Hall–Kier alpha value is -5.43. The molecule has 9 rings (SSSR count). The molecule has 12 N–H and O–H groups in total. The van der Waals surface area contributed by atoms with Crippen LogP contribution in [0.3, 0.4) is 0 Å². The Morgan fingerprint density at radius 3 is 1.25 bits per heavy atom. The van der Waals surface area contributed by atoms with E-state index in [1.807, 2.05) is 0 Å². The molecule has 21 heteroatoms. The van der Waals surface area contributed by atoms with Crippen molar-refractivity contribution in [3.05, 3.63) is 161 Å². The zero-order valence-electron chi connectivity index (χ0n) is 50.3. The van der Waals surface area contributed by atoms with Gasteiger partial charge >= 0.3 is 0 Å². The van der Waals surface area contributed by atoms with Crippen molar-refractivity contribution in [3.63, 3.8) is 0 Å². The zero-order chi connectivity index (χ0) is 61.8. The molecule has 3 aliphatic rings. The maximum absolute atomic E-state index is 14.3. The summed E-state index contributed by atoms with van der Waals surface area (Å²) < 4.78 is 0. The fourth-order valence-electron chi connectivity index (χ4n) is 11.2. The van der Waals surface area contributed by atoms with Crippen molar-refractivity contribution < 1.29 is 24.0 Å². The normalized spacial score (nSPS) is 16.6. The van der Waals surface area contributed by atoms with Crippen molar-refractivity contribution in [1.82, 2.24) is 42.5 Å². The number of hydrogen-bond donors (Lipinski definition) is 10. The molecule has 0 aliphatic carbocycles. The Kier molecular flexibility index (Phi) is 26.0. The van der Waals surface area contributed by atoms with Crippen molar-refractivity contribution in [2.75, 3.05) is 64.6 Å². The minimum absolute atomic E-state index is 0.0168. The van der Waals surface area contributed by atoms with Crippen LogP contribution in [0.4, 0.5) is 0 Å². The first kappa shape index (κ1) is 67.0. The van der Waals surface area contributed by atoms with Crippen LogP contribution in [0.5, 0.6) is 0 Å². The van der Waals surface area contributed by atoms with Gasteiger partial charge in [-0.1, -0.05) is 96.3 Å². The molecule has 3 heterocycles. The Morgan fingerprint density at radius 2 is 0.841 bits per heavy atom. The van der Waals surface area contributed by atoms with Crippen LogP contribution in [0.25, 0.3) is 0 Å². The first-order chi connectivity index (χ1) is 42.9. The van der Waals surface area contributed by atoms with Crippen LogP contribution in [0.15, 0.2) is 171 Å². The molecule has 15 nitrogen and oxygen atoms in total. The van der Waals surface area contributed by atoms with Crippen LogP contribution >= 0.6 is 70.6 Å². The van der Waals surface area contributed by atoms with E-state index in [2.05, 4.69) is 189 Å². The molecule has 0 spiro atoms. The summed E-state index contributed by atoms with van der Waals surface area (Å²) in [5.41, 5.74) is 19.4. The standard InChI is InChI=1S/C67H82N10O5S6/c1-83-45-19-24-60-48(39-45)54(36-42-12-4-7-16-57(42)86-60)70-30-33-73-63(78)27-22-52(66(81)74-34-31-71-55-37-43-13-5-8-17-58(43)87-61-25-20-46(84-2)40-49(55)61)76-64(79)28-23-53(77-65(80)51(69)15-10-11-29-68)67(82)75-35-32-72-56-38-44-14-6-9-18-59(44)88-62-26-21-47(85-3)41-50(56)62/h4-9,12-14,16-21,24-26,39-41,51-56,70-72H,10-11,15,22-23,27-38,68-69H2,1-3H3,(H,73,78)(H,74,81)(H,75,82)(H,76,79)(H,77,80)/t51?,52?,53-,54?,55?,56?/m1/s1. The number of rotatable bonds is 30. The van der Waals surface area contributed by atoms with Crippen molar-refractivity contribution in [1.29, 1.82) is 0 Å². The molecule has 0 saturated carbocycles. The van der Waals surface area contributed by atoms with Gasteiger partial charge in [0.25, 0.3) is 0 Å². The van der Waals surface area contributed by atoms with Crippen LogP contribution in [0.1, 0.15) is 96.5 Å². The fourth-order valence-corrected chi connectivity index (χ4v) is 15.9. The van der Waals surface area contributed by atoms with Gasteiger partial charge in [0.15, 0.2) is 0 Å². The fraction of sp³-hybridized carbons (Fsp3) is 0.388. The molecule has 0 fully saturated rings. The molecule has 88 heavy (non-hydrogen) atoms. The van der Waals surface area contributed by atoms with Crippen LogP contribution in [0.2, 0.25) is 0 Å². The van der Waals surface area contributed by atoms with Gasteiger partial charge in [0.1, 0.15) is 12.1 Å². The van der Waals surface area contributed by atoms with Crippen LogP contribution in [-0.2, 0) is 43.2 Å². The number of fused-ring (bicyclic) bond motifs is 6. The van der Waals surface area contributed by atoms with Crippen molar-refractivity contribution in [3.8, 4) is 0 Å². The summed E-state index contributed by atoms with van der Waals surface area (Å²) in [6.07, 6.45) is 9.97. The number of nitrogens with one attached hydrogen (secondary N) is 8. The average molecular weight is 1300 g/mol. The lowest BCUT2D eigenvalue weighted by Gasteiger charge is -2.23. The van der Waals surface area contributed by atoms with Gasteiger partial charge in [0, 0.05) is 114 Å². The lowest BCUT2D eigenvalue weighted by atomic mass is 9.99. The maximum atomic E-state index is 14.3. The van der Waals surface area contributed by atoms with E-state index in [1.165, 1.54) is 77.4 Å². The monoisotopic (exact) mass is 1300 g/mol. The van der Waals surface area contributed by atoms with Gasteiger partial charge in [-0.05, 0) is 176 Å². The number of nitrogens with two attached hydrogens (primary N) is 2. The molecule has 0 radical (unpaired) electrons. The molecule has 6 aromatic rings. The van der Waals surface area contributed by atoms with Gasteiger partial charge < -0.3 is 54.0 Å². The highest BCUT2D eigenvalue weighted by Crippen LogP contribution is 2.45. The van der Waals surface area contributed by atoms with Gasteiger partial charge in [-0.15, -0.1) is 35.3 Å². The number of carbonyl (C=O) groups is 5. The largest absolute Gasteiger partial charge is 0.355 e. The Bertz CT molecular complexity index is 3380. The van der Waals surface area contributed by atoms with Gasteiger partial charge in [0.2, 0.25) is 29.5 Å².